The zero-order valence-electron chi connectivity index (χ0n) is 21.1. The molecule has 1 amide bonds. The zero-order valence-corrected chi connectivity index (χ0v) is 21.9. The van der Waals surface area contributed by atoms with Crippen molar-refractivity contribution in [1.29, 1.82) is 0 Å². The molecule has 2 aromatic rings. The molecule has 0 unspecified atom stereocenters. The van der Waals surface area contributed by atoms with Crippen molar-refractivity contribution in [2.45, 2.75) is 95.2 Å². The molecular weight excluding hydrogens is 456 g/mol. The van der Waals surface area contributed by atoms with Crippen LogP contribution in [0, 0.1) is 0 Å². The van der Waals surface area contributed by atoms with Crippen LogP contribution in [0.1, 0.15) is 97.2 Å². The molecule has 2 aliphatic carbocycles. The first-order valence-corrected chi connectivity index (χ1v) is 13.9. The first kappa shape index (κ1) is 26.2. The Balaban J connectivity index is 1.49. The summed E-state index contributed by atoms with van der Waals surface area (Å²) < 4.78 is 0. The van der Waals surface area contributed by atoms with Gasteiger partial charge < -0.3 is 15.3 Å². The second kappa shape index (κ2) is 12.9. The largest absolute Gasteiger partial charge is 0.396 e. The predicted octanol–water partition coefficient (Wildman–Crippen LogP) is 6.49. The number of amides is 1. The van der Waals surface area contributed by atoms with E-state index in [9.17, 15) is 9.90 Å². The van der Waals surface area contributed by atoms with Crippen LogP contribution in [0.25, 0.3) is 0 Å². The van der Waals surface area contributed by atoms with Crippen LogP contribution in [0.2, 0.25) is 5.02 Å². The molecule has 2 saturated carbocycles. The average Bonchev–Trinajstić information content (AvgIpc) is 2.89. The number of carbonyl (C=O) groups is 1. The van der Waals surface area contributed by atoms with E-state index < -0.39 is 0 Å². The monoisotopic (exact) mass is 496 g/mol. The van der Waals surface area contributed by atoms with E-state index in [1.165, 1.54) is 36.0 Å². The van der Waals surface area contributed by atoms with Gasteiger partial charge in [0.25, 0.3) is 5.91 Å². The molecule has 2 fully saturated rings. The Kier molecular flexibility index (Phi) is 9.65. The van der Waals surface area contributed by atoms with E-state index in [1.807, 2.05) is 31.3 Å². The Morgan fingerprint density at radius 3 is 2.31 bits per heavy atom. The molecule has 190 valence electrons. The second-order valence-corrected chi connectivity index (χ2v) is 10.8. The van der Waals surface area contributed by atoms with Crippen LogP contribution < -0.4 is 5.32 Å². The number of carbonyl (C=O) groups excluding carboxylic acids is 1. The van der Waals surface area contributed by atoms with Crippen LogP contribution in [-0.2, 0) is 13.0 Å². The summed E-state index contributed by atoms with van der Waals surface area (Å²) in [5.74, 6) is 0.724. The molecule has 0 atom stereocenters. The number of hydrogen-bond acceptors (Lipinski definition) is 3. The van der Waals surface area contributed by atoms with E-state index in [0.717, 1.165) is 63.5 Å². The third-order valence-corrected chi connectivity index (χ3v) is 8.27. The molecule has 0 spiro atoms. The Morgan fingerprint density at radius 2 is 1.66 bits per heavy atom. The van der Waals surface area contributed by atoms with Gasteiger partial charge in [-0.25, -0.2) is 0 Å². The molecular formula is C30H41ClN2O2. The van der Waals surface area contributed by atoms with Crippen LogP contribution in [0.3, 0.4) is 0 Å². The summed E-state index contributed by atoms with van der Waals surface area (Å²) in [6.07, 6.45) is 12.1. The molecule has 35 heavy (non-hydrogen) atoms. The number of aryl methyl sites for hydroxylation is 1. The van der Waals surface area contributed by atoms with E-state index >= 15 is 0 Å². The summed E-state index contributed by atoms with van der Waals surface area (Å²) in [4.78, 5) is 16.0. The van der Waals surface area contributed by atoms with Gasteiger partial charge in [0.1, 0.15) is 0 Å². The van der Waals surface area contributed by atoms with Crippen molar-refractivity contribution in [3.8, 4) is 0 Å². The van der Waals surface area contributed by atoms with Gasteiger partial charge in [-0.05, 0) is 105 Å². The van der Waals surface area contributed by atoms with E-state index in [-0.39, 0.29) is 12.5 Å². The fourth-order valence-corrected chi connectivity index (χ4v) is 6.36. The highest BCUT2D eigenvalue weighted by molar-refractivity contribution is 6.30. The highest BCUT2D eigenvalue weighted by Crippen LogP contribution is 2.39. The number of hydrogen-bond donors (Lipinski definition) is 2. The van der Waals surface area contributed by atoms with Gasteiger partial charge in [0, 0.05) is 35.8 Å². The number of aliphatic hydroxyl groups excluding tert-OH is 1. The van der Waals surface area contributed by atoms with Crippen LogP contribution in [0.4, 0.5) is 0 Å². The standard InChI is InChI=1S/C30H41ClN2O2/c1-32-21-25-20-22(6-5-19-34)9-18-29(25)23-12-16-28(17-13-23)33(27-7-3-2-4-8-27)30(35)24-10-14-26(31)15-11-24/h9-11,14-15,18,20,23,27-28,32,34H,2-8,12-13,16-17,19,21H2,1H3. The van der Waals surface area contributed by atoms with Crippen molar-refractivity contribution >= 4 is 17.5 Å². The van der Waals surface area contributed by atoms with Crippen molar-refractivity contribution in [3.05, 3.63) is 69.7 Å². The summed E-state index contributed by atoms with van der Waals surface area (Å²) >= 11 is 6.10. The van der Waals surface area contributed by atoms with Crippen molar-refractivity contribution in [3.63, 3.8) is 0 Å². The van der Waals surface area contributed by atoms with Gasteiger partial charge in [-0.2, -0.15) is 0 Å². The average molecular weight is 497 g/mol. The molecule has 4 rings (SSSR count). The predicted molar refractivity (Wildman–Crippen MR) is 144 cm³/mol. The molecule has 0 aliphatic heterocycles. The lowest BCUT2D eigenvalue weighted by Gasteiger charge is -2.43. The minimum Gasteiger partial charge on any atom is -0.396 e. The Bertz CT molecular complexity index is 947. The maximum Gasteiger partial charge on any atom is 0.254 e. The Labute approximate surface area is 216 Å². The third-order valence-electron chi connectivity index (χ3n) is 8.02. The summed E-state index contributed by atoms with van der Waals surface area (Å²) in [5, 5.41) is 13.2. The first-order chi connectivity index (χ1) is 17.1. The Morgan fingerprint density at radius 1 is 0.971 bits per heavy atom. The second-order valence-electron chi connectivity index (χ2n) is 10.4. The number of rotatable bonds is 9. The van der Waals surface area contributed by atoms with Crippen molar-refractivity contribution in [1.82, 2.24) is 10.2 Å². The van der Waals surface area contributed by atoms with Crippen LogP contribution in [0.5, 0.6) is 0 Å². The summed E-state index contributed by atoms with van der Waals surface area (Å²) in [5.41, 5.74) is 4.90. The molecule has 0 heterocycles. The van der Waals surface area contributed by atoms with E-state index in [0.29, 0.717) is 23.0 Å². The third kappa shape index (κ3) is 6.67. The molecule has 0 bridgehead atoms. The van der Waals surface area contributed by atoms with Gasteiger partial charge in [-0.1, -0.05) is 49.1 Å². The van der Waals surface area contributed by atoms with Crippen molar-refractivity contribution in [2.24, 2.45) is 0 Å². The van der Waals surface area contributed by atoms with Gasteiger partial charge in [-0.15, -0.1) is 0 Å². The quantitative estimate of drug-likeness (QED) is 0.417. The highest BCUT2D eigenvalue weighted by atomic mass is 35.5. The topological polar surface area (TPSA) is 52.6 Å². The van der Waals surface area contributed by atoms with E-state index in [4.69, 9.17) is 11.6 Å². The van der Waals surface area contributed by atoms with Gasteiger partial charge in [0.05, 0.1) is 0 Å². The minimum atomic E-state index is 0.182. The number of nitrogens with one attached hydrogen (secondary N) is 1. The fraction of sp³-hybridized carbons (Fsp3) is 0.567. The molecule has 0 saturated heterocycles. The molecule has 2 aromatic carbocycles. The van der Waals surface area contributed by atoms with Crippen molar-refractivity contribution in [2.75, 3.05) is 13.7 Å². The summed E-state index contributed by atoms with van der Waals surface area (Å²) in [6, 6.07) is 15.0. The maximum atomic E-state index is 13.7. The van der Waals surface area contributed by atoms with Gasteiger partial charge in [0.2, 0.25) is 0 Å². The number of benzene rings is 2. The molecule has 5 heteroatoms. The normalized spacial score (nSPS) is 21.1. The van der Waals surface area contributed by atoms with E-state index in [2.05, 4.69) is 28.4 Å². The van der Waals surface area contributed by atoms with Gasteiger partial charge in [-0.3, -0.25) is 4.79 Å². The number of aliphatic hydroxyl groups is 1. The molecule has 0 radical (unpaired) electrons. The number of nitrogens with zero attached hydrogens (tertiary/aromatic N) is 1. The summed E-state index contributed by atoms with van der Waals surface area (Å²) in [6.45, 7) is 1.10. The van der Waals surface area contributed by atoms with Gasteiger partial charge >= 0.3 is 0 Å². The minimum absolute atomic E-state index is 0.182. The lowest BCUT2D eigenvalue weighted by molar-refractivity contribution is 0.0437. The van der Waals surface area contributed by atoms with Crippen molar-refractivity contribution < 1.29 is 9.90 Å². The first-order valence-electron chi connectivity index (χ1n) is 13.6. The SMILES string of the molecule is CNCc1cc(CCCO)ccc1C1CCC(N(C(=O)c2ccc(Cl)cc2)C2CCCCC2)CC1. The molecule has 0 aromatic heterocycles. The number of halogens is 1. The van der Waals surface area contributed by atoms with Crippen LogP contribution >= 0.6 is 11.6 Å². The highest BCUT2D eigenvalue weighted by Gasteiger charge is 2.35. The van der Waals surface area contributed by atoms with E-state index in [1.54, 1.807) is 0 Å². The van der Waals surface area contributed by atoms with Gasteiger partial charge in [0.15, 0.2) is 0 Å². The Hall–Kier alpha value is -1.88. The maximum absolute atomic E-state index is 13.7. The van der Waals surface area contributed by atoms with Crippen LogP contribution in [0.15, 0.2) is 42.5 Å². The molecule has 4 nitrogen and oxygen atoms in total. The smallest absolute Gasteiger partial charge is 0.254 e. The van der Waals surface area contributed by atoms with Crippen LogP contribution in [-0.4, -0.2) is 41.7 Å². The lowest BCUT2D eigenvalue weighted by atomic mass is 9.78. The lowest BCUT2D eigenvalue weighted by Crippen LogP contribution is -2.49. The zero-order chi connectivity index (χ0) is 24.6. The molecule has 2 aliphatic rings. The molecule has 2 N–H and O–H groups in total. The fourth-order valence-electron chi connectivity index (χ4n) is 6.24. The summed E-state index contributed by atoms with van der Waals surface area (Å²) in [7, 11) is 2.01.